The van der Waals surface area contributed by atoms with E-state index in [0.29, 0.717) is 19.6 Å². The van der Waals surface area contributed by atoms with Gasteiger partial charge in [-0.15, -0.1) is 0 Å². The zero-order chi connectivity index (χ0) is 17.4. The number of ether oxygens (including phenoxy) is 2. The first-order chi connectivity index (χ1) is 12.1. The number of benzene rings is 2. The summed E-state index contributed by atoms with van der Waals surface area (Å²) in [5.74, 6) is 1.88. The summed E-state index contributed by atoms with van der Waals surface area (Å²) >= 11 is 0. The first kappa shape index (κ1) is 16.0. The normalized spacial score (nSPS) is 19.4. The van der Waals surface area contributed by atoms with Gasteiger partial charge in [0.05, 0.1) is 0 Å². The Kier molecular flexibility index (Phi) is 4.12. The molecule has 2 unspecified atom stereocenters. The summed E-state index contributed by atoms with van der Waals surface area (Å²) < 4.78 is 11.2. The van der Waals surface area contributed by atoms with Crippen LogP contribution in [0.2, 0.25) is 0 Å². The van der Waals surface area contributed by atoms with Crippen molar-refractivity contribution in [2.75, 3.05) is 18.1 Å². The van der Waals surface area contributed by atoms with E-state index in [2.05, 4.69) is 19.9 Å². The lowest BCUT2D eigenvalue weighted by atomic mass is 9.96. The third-order valence-corrected chi connectivity index (χ3v) is 5.09. The van der Waals surface area contributed by atoms with Gasteiger partial charge in [-0.3, -0.25) is 4.79 Å². The first-order valence-corrected chi connectivity index (χ1v) is 8.93. The lowest BCUT2D eigenvalue weighted by Crippen LogP contribution is -2.36. The summed E-state index contributed by atoms with van der Waals surface area (Å²) in [6.45, 7) is 5.38. The highest BCUT2D eigenvalue weighted by Crippen LogP contribution is 2.36. The topological polar surface area (TPSA) is 38.8 Å². The Labute approximate surface area is 148 Å². The van der Waals surface area contributed by atoms with E-state index >= 15 is 0 Å². The van der Waals surface area contributed by atoms with Gasteiger partial charge in [0.1, 0.15) is 13.2 Å². The van der Waals surface area contributed by atoms with Gasteiger partial charge in [-0.25, -0.2) is 0 Å². The Bertz CT molecular complexity index is 801. The number of hydrogen-bond acceptors (Lipinski definition) is 3. The van der Waals surface area contributed by atoms with E-state index < -0.39 is 0 Å². The van der Waals surface area contributed by atoms with Crippen molar-refractivity contribution in [3.63, 3.8) is 0 Å². The van der Waals surface area contributed by atoms with Crippen LogP contribution in [0.3, 0.4) is 0 Å². The van der Waals surface area contributed by atoms with Crippen LogP contribution in [-0.2, 0) is 11.2 Å². The quantitative estimate of drug-likeness (QED) is 0.852. The monoisotopic (exact) mass is 337 g/mol. The maximum Gasteiger partial charge on any atom is 0.227 e. The fourth-order valence-corrected chi connectivity index (χ4v) is 3.79. The molecular formula is C21H23NO3. The Morgan fingerprint density at radius 3 is 2.76 bits per heavy atom. The van der Waals surface area contributed by atoms with Gasteiger partial charge in [0, 0.05) is 18.2 Å². The predicted molar refractivity (Wildman–Crippen MR) is 97.6 cm³/mol. The molecule has 4 heteroatoms. The molecule has 2 aliphatic rings. The number of carbonyl (C=O) groups is 1. The van der Waals surface area contributed by atoms with Crippen LogP contribution in [0.4, 0.5) is 5.69 Å². The maximum absolute atomic E-state index is 13.0. The summed E-state index contributed by atoms with van der Waals surface area (Å²) in [7, 11) is 0. The van der Waals surface area contributed by atoms with Gasteiger partial charge in [0.2, 0.25) is 5.91 Å². The lowest BCUT2D eigenvalue weighted by Gasteiger charge is -2.25. The molecule has 0 saturated carbocycles. The fourth-order valence-electron chi connectivity index (χ4n) is 3.79. The van der Waals surface area contributed by atoms with E-state index in [1.807, 2.05) is 41.3 Å². The van der Waals surface area contributed by atoms with Crippen molar-refractivity contribution in [1.29, 1.82) is 0 Å². The Morgan fingerprint density at radius 1 is 1.16 bits per heavy atom. The highest BCUT2D eigenvalue weighted by atomic mass is 16.6. The molecule has 2 aromatic rings. The second-order valence-corrected chi connectivity index (χ2v) is 6.95. The van der Waals surface area contributed by atoms with Gasteiger partial charge in [-0.1, -0.05) is 31.2 Å². The van der Waals surface area contributed by atoms with Crippen LogP contribution in [-0.4, -0.2) is 25.2 Å². The van der Waals surface area contributed by atoms with Crippen LogP contribution < -0.4 is 14.4 Å². The Balaban J connectivity index is 1.51. The van der Waals surface area contributed by atoms with Crippen molar-refractivity contribution in [2.24, 2.45) is 0 Å². The summed E-state index contributed by atoms with van der Waals surface area (Å²) in [5.41, 5.74) is 3.43. The minimum absolute atomic E-state index is 0.128. The molecule has 25 heavy (non-hydrogen) atoms. The van der Waals surface area contributed by atoms with Crippen molar-refractivity contribution in [3.05, 3.63) is 53.6 Å². The molecule has 2 aliphatic heterocycles. The van der Waals surface area contributed by atoms with Gasteiger partial charge in [-0.2, -0.15) is 0 Å². The number of anilines is 1. The van der Waals surface area contributed by atoms with Gasteiger partial charge < -0.3 is 14.4 Å². The highest BCUT2D eigenvalue weighted by Gasteiger charge is 2.31. The van der Waals surface area contributed by atoms with Gasteiger partial charge in [0.25, 0.3) is 0 Å². The number of amides is 1. The summed E-state index contributed by atoms with van der Waals surface area (Å²) in [6, 6.07) is 14.4. The minimum Gasteiger partial charge on any atom is -0.486 e. The van der Waals surface area contributed by atoms with Crippen LogP contribution in [0.1, 0.15) is 37.3 Å². The van der Waals surface area contributed by atoms with Crippen LogP contribution in [0, 0.1) is 0 Å². The van der Waals surface area contributed by atoms with E-state index in [4.69, 9.17) is 9.47 Å². The van der Waals surface area contributed by atoms with Crippen molar-refractivity contribution < 1.29 is 14.3 Å². The molecule has 130 valence electrons. The van der Waals surface area contributed by atoms with Crippen molar-refractivity contribution in [1.82, 2.24) is 0 Å². The molecule has 0 fully saturated rings. The molecule has 0 aromatic heterocycles. The van der Waals surface area contributed by atoms with E-state index in [-0.39, 0.29) is 17.9 Å². The fraction of sp³-hybridized carbons (Fsp3) is 0.381. The second-order valence-electron chi connectivity index (χ2n) is 6.95. The minimum atomic E-state index is 0.128. The molecule has 2 atom stereocenters. The molecule has 0 saturated heterocycles. The maximum atomic E-state index is 13.0. The lowest BCUT2D eigenvalue weighted by molar-refractivity contribution is -0.119. The van der Waals surface area contributed by atoms with Crippen molar-refractivity contribution in [3.8, 4) is 11.5 Å². The van der Waals surface area contributed by atoms with Crippen LogP contribution in [0.15, 0.2) is 42.5 Å². The SMILES string of the molecule is CC(CC(=O)N1c2ccccc2CC1C)c1ccc2c(c1)OCCO2. The van der Waals surface area contributed by atoms with Gasteiger partial charge in [-0.05, 0) is 48.6 Å². The number of rotatable bonds is 3. The van der Waals surface area contributed by atoms with Crippen LogP contribution in [0.5, 0.6) is 11.5 Å². The molecule has 0 bridgehead atoms. The largest absolute Gasteiger partial charge is 0.486 e. The van der Waals surface area contributed by atoms with Crippen LogP contribution >= 0.6 is 0 Å². The molecule has 1 amide bonds. The number of para-hydroxylation sites is 1. The molecule has 0 radical (unpaired) electrons. The molecule has 0 aliphatic carbocycles. The predicted octanol–water partition coefficient (Wildman–Crippen LogP) is 3.93. The molecular weight excluding hydrogens is 314 g/mol. The van der Waals surface area contributed by atoms with E-state index in [0.717, 1.165) is 29.2 Å². The van der Waals surface area contributed by atoms with Gasteiger partial charge in [0.15, 0.2) is 11.5 Å². The Morgan fingerprint density at radius 2 is 1.92 bits per heavy atom. The van der Waals surface area contributed by atoms with Crippen molar-refractivity contribution >= 4 is 11.6 Å². The molecule has 2 heterocycles. The average molecular weight is 337 g/mol. The summed E-state index contributed by atoms with van der Waals surface area (Å²) in [5, 5.41) is 0. The molecule has 0 N–H and O–H groups in total. The summed E-state index contributed by atoms with van der Waals surface area (Å²) in [4.78, 5) is 14.9. The van der Waals surface area contributed by atoms with E-state index in [1.54, 1.807) is 0 Å². The average Bonchev–Trinajstić information content (AvgIpc) is 2.97. The van der Waals surface area contributed by atoms with Crippen LogP contribution in [0.25, 0.3) is 0 Å². The highest BCUT2D eigenvalue weighted by molar-refractivity contribution is 5.96. The number of nitrogens with zero attached hydrogens (tertiary/aromatic N) is 1. The molecule has 0 spiro atoms. The number of carbonyl (C=O) groups excluding carboxylic acids is 1. The number of fused-ring (bicyclic) bond motifs is 2. The molecule has 4 rings (SSSR count). The van der Waals surface area contributed by atoms with Crippen molar-refractivity contribution in [2.45, 2.75) is 38.6 Å². The molecule has 4 nitrogen and oxygen atoms in total. The second kappa shape index (κ2) is 6.43. The van der Waals surface area contributed by atoms with E-state index in [1.165, 1.54) is 5.56 Å². The zero-order valence-corrected chi connectivity index (χ0v) is 14.7. The zero-order valence-electron chi connectivity index (χ0n) is 14.7. The van der Waals surface area contributed by atoms with E-state index in [9.17, 15) is 4.79 Å². The third-order valence-electron chi connectivity index (χ3n) is 5.09. The number of hydrogen-bond donors (Lipinski definition) is 0. The standard InChI is InChI=1S/C21H23NO3/c1-14(16-7-8-19-20(13-16)25-10-9-24-19)11-21(23)22-15(2)12-17-5-3-4-6-18(17)22/h3-8,13-15H,9-12H2,1-2H3. The Hall–Kier alpha value is -2.49. The molecule has 2 aromatic carbocycles. The first-order valence-electron chi connectivity index (χ1n) is 8.93. The van der Waals surface area contributed by atoms with Gasteiger partial charge >= 0.3 is 0 Å². The summed E-state index contributed by atoms with van der Waals surface area (Å²) in [6.07, 6.45) is 1.42. The smallest absolute Gasteiger partial charge is 0.227 e. The third kappa shape index (κ3) is 2.97.